The minimum atomic E-state index is -0.817. The van der Waals surface area contributed by atoms with Crippen molar-refractivity contribution in [3.8, 4) is 17.2 Å². The number of hydrogen-bond acceptors (Lipinski definition) is 8. The van der Waals surface area contributed by atoms with Gasteiger partial charge in [-0.3, -0.25) is 9.36 Å². The normalized spacial score (nSPS) is 14.6. The van der Waals surface area contributed by atoms with Crippen molar-refractivity contribution in [2.75, 3.05) is 13.7 Å². The highest BCUT2D eigenvalue weighted by atomic mass is 35.5. The van der Waals surface area contributed by atoms with Crippen molar-refractivity contribution in [3.05, 3.63) is 117 Å². The monoisotopic (exact) mass is 700 g/mol. The molecule has 0 fully saturated rings. The summed E-state index contributed by atoms with van der Waals surface area (Å²) in [6.07, 6.45) is 1.57. The minimum absolute atomic E-state index is 0.135. The molecule has 0 saturated carbocycles. The summed E-state index contributed by atoms with van der Waals surface area (Å²) < 4.78 is 25.0. The van der Waals surface area contributed by atoms with Crippen molar-refractivity contribution < 1.29 is 23.7 Å². The molecule has 0 N–H and O–H groups in total. The molecule has 2 heterocycles. The van der Waals surface area contributed by atoms with Crippen molar-refractivity contribution in [1.82, 2.24) is 4.57 Å². The van der Waals surface area contributed by atoms with Gasteiger partial charge in [-0.15, -0.1) is 0 Å². The molecule has 12 heteroatoms. The zero-order valence-electron chi connectivity index (χ0n) is 25.7. The molecule has 1 aromatic heterocycles. The summed E-state index contributed by atoms with van der Waals surface area (Å²) in [4.78, 5) is 32.5. The lowest BCUT2D eigenvalue weighted by atomic mass is 9.95. The molecule has 240 valence electrons. The Balaban J connectivity index is 1.59. The zero-order chi connectivity index (χ0) is 33.1. The largest absolute Gasteiger partial charge is 0.493 e. The number of nitrogens with zero attached hydrogens (tertiary/aromatic N) is 2. The second-order valence-electron chi connectivity index (χ2n) is 10.6. The van der Waals surface area contributed by atoms with E-state index in [9.17, 15) is 9.59 Å². The van der Waals surface area contributed by atoms with Crippen LogP contribution in [0.1, 0.15) is 50.4 Å². The lowest BCUT2D eigenvalue weighted by Crippen LogP contribution is -2.40. The average Bonchev–Trinajstić information content (AvgIpc) is 3.31. The van der Waals surface area contributed by atoms with Gasteiger partial charge in [-0.05, 0) is 75.2 Å². The molecule has 0 aliphatic carbocycles. The third-order valence-corrected chi connectivity index (χ3v) is 9.01. The number of carbonyl (C=O) groups is 1. The molecule has 5 rings (SSSR count). The summed E-state index contributed by atoms with van der Waals surface area (Å²) in [5.74, 6) is 0.729. The van der Waals surface area contributed by atoms with E-state index in [-0.39, 0.29) is 35.5 Å². The fourth-order valence-electron chi connectivity index (χ4n) is 5.05. The molecule has 4 aromatic rings. The zero-order valence-corrected chi connectivity index (χ0v) is 28.8. The van der Waals surface area contributed by atoms with Crippen LogP contribution in [-0.4, -0.2) is 30.4 Å². The third-order valence-electron chi connectivity index (χ3n) is 7.01. The number of thiazole rings is 1. The van der Waals surface area contributed by atoms with Crippen LogP contribution in [0.4, 0.5) is 0 Å². The number of ether oxygens (including phenoxy) is 4. The molecule has 0 unspecified atom stereocenters. The number of rotatable bonds is 10. The second-order valence-corrected chi connectivity index (χ2v) is 12.8. The van der Waals surface area contributed by atoms with Gasteiger partial charge in [-0.25, -0.2) is 9.79 Å². The van der Waals surface area contributed by atoms with Gasteiger partial charge in [0.15, 0.2) is 16.3 Å². The number of carbonyl (C=O) groups excluding carboxylic acids is 1. The van der Waals surface area contributed by atoms with Crippen molar-refractivity contribution in [2.24, 2.45) is 4.99 Å². The Kier molecular flexibility index (Phi) is 10.5. The topological polar surface area (TPSA) is 88.4 Å². The van der Waals surface area contributed by atoms with Crippen LogP contribution in [0.2, 0.25) is 15.1 Å². The molecule has 0 saturated heterocycles. The second kappa shape index (κ2) is 14.3. The number of hydrogen-bond donors (Lipinski definition) is 0. The first kappa shape index (κ1) is 33.6. The number of halogens is 3. The van der Waals surface area contributed by atoms with Gasteiger partial charge in [0.05, 0.1) is 50.7 Å². The fourth-order valence-corrected chi connectivity index (χ4v) is 6.69. The van der Waals surface area contributed by atoms with E-state index in [0.717, 1.165) is 5.56 Å². The number of fused-ring (bicyclic) bond motifs is 1. The maximum Gasteiger partial charge on any atom is 0.338 e. The van der Waals surface area contributed by atoms with Gasteiger partial charge >= 0.3 is 5.97 Å². The van der Waals surface area contributed by atoms with Gasteiger partial charge in [-0.2, -0.15) is 0 Å². The third kappa shape index (κ3) is 6.98. The number of esters is 1. The van der Waals surface area contributed by atoms with E-state index in [0.29, 0.717) is 53.5 Å². The Morgan fingerprint density at radius 1 is 1.04 bits per heavy atom. The Labute approximate surface area is 285 Å². The first-order valence-electron chi connectivity index (χ1n) is 14.4. The summed E-state index contributed by atoms with van der Waals surface area (Å²) >= 11 is 20.0. The van der Waals surface area contributed by atoms with Crippen LogP contribution in [-0.2, 0) is 16.1 Å². The molecule has 8 nitrogen and oxygen atoms in total. The molecule has 1 aliphatic rings. The summed E-state index contributed by atoms with van der Waals surface area (Å²) in [6, 6.07) is 15.2. The van der Waals surface area contributed by atoms with Crippen LogP contribution in [0.5, 0.6) is 17.2 Å². The molecule has 0 radical (unpaired) electrons. The molecule has 3 aromatic carbocycles. The van der Waals surface area contributed by atoms with Crippen LogP contribution in [0, 0.1) is 0 Å². The Morgan fingerprint density at radius 2 is 1.80 bits per heavy atom. The Hall–Kier alpha value is -3.76. The molecule has 0 amide bonds. The highest BCUT2D eigenvalue weighted by Crippen LogP contribution is 2.38. The van der Waals surface area contributed by atoms with Crippen molar-refractivity contribution in [2.45, 2.75) is 46.4 Å². The van der Waals surface area contributed by atoms with Crippen LogP contribution in [0.15, 0.2) is 75.7 Å². The fraction of sp³-hybridized carbons (Fsp3) is 0.265. The Morgan fingerprint density at radius 3 is 2.50 bits per heavy atom. The van der Waals surface area contributed by atoms with Crippen LogP contribution < -0.4 is 29.1 Å². The lowest BCUT2D eigenvalue weighted by molar-refractivity contribution is -0.139. The van der Waals surface area contributed by atoms with E-state index in [1.807, 2.05) is 38.1 Å². The first-order chi connectivity index (χ1) is 22.0. The highest BCUT2D eigenvalue weighted by Gasteiger charge is 2.35. The quantitative estimate of drug-likeness (QED) is 0.164. The SMILES string of the molecule is CCOC(=O)C1=C(C)N=c2s/c(=C/c3cc(Cl)c(OCc4ccc(Cl)c(Cl)c4)c(OC)c3)c(=O)n2[C@@H]1c1ccccc1OC(C)C. The van der Waals surface area contributed by atoms with Crippen molar-refractivity contribution in [3.63, 3.8) is 0 Å². The van der Waals surface area contributed by atoms with Gasteiger partial charge in [0.2, 0.25) is 0 Å². The number of allylic oxidation sites excluding steroid dienone is 1. The van der Waals surface area contributed by atoms with Gasteiger partial charge < -0.3 is 18.9 Å². The average molecular weight is 702 g/mol. The van der Waals surface area contributed by atoms with Crippen LogP contribution in [0.3, 0.4) is 0 Å². The highest BCUT2D eigenvalue weighted by molar-refractivity contribution is 7.07. The summed E-state index contributed by atoms with van der Waals surface area (Å²) in [5, 5.41) is 1.15. The van der Waals surface area contributed by atoms with E-state index in [2.05, 4.69) is 4.99 Å². The standard InChI is InChI=1S/C34H31Cl3N2O6S/c1-6-43-33(41)29-19(4)38-34-39(30(29)22-9-7-8-10-26(22)45-18(2)3)32(40)28(46-34)16-21-14-25(37)31(27(15-21)42-5)44-17-20-11-12-23(35)24(36)13-20/h7-16,18,30H,6,17H2,1-5H3/b28-16+/t30-/m1/s1. The summed E-state index contributed by atoms with van der Waals surface area (Å²) in [7, 11) is 1.51. The molecular weight excluding hydrogens is 671 g/mol. The molecular formula is C34H31Cl3N2O6S. The van der Waals surface area contributed by atoms with Crippen molar-refractivity contribution in [1.29, 1.82) is 0 Å². The maximum atomic E-state index is 14.1. The maximum absolute atomic E-state index is 14.1. The number of aromatic nitrogens is 1. The summed E-state index contributed by atoms with van der Waals surface area (Å²) in [5.41, 5.74) is 2.45. The lowest BCUT2D eigenvalue weighted by Gasteiger charge is -2.26. The Bertz CT molecular complexity index is 2020. The molecule has 1 atom stereocenters. The minimum Gasteiger partial charge on any atom is -0.493 e. The molecule has 46 heavy (non-hydrogen) atoms. The molecule has 0 bridgehead atoms. The van der Waals surface area contributed by atoms with Crippen LogP contribution in [0.25, 0.3) is 6.08 Å². The van der Waals surface area contributed by atoms with Crippen molar-refractivity contribution >= 4 is 58.2 Å². The number of para-hydroxylation sites is 1. The van der Waals surface area contributed by atoms with E-state index in [4.69, 9.17) is 53.8 Å². The number of methoxy groups -OCH3 is 1. The number of benzene rings is 3. The van der Waals surface area contributed by atoms with Gasteiger partial charge in [0.1, 0.15) is 18.4 Å². The van der Waals surface area contributed by atoms with E-state index < -0.39 is 12.0 Å². The van der Waals surface area contributed by atoms with Crippen LogP contribution >= 0.6 is 46.1 Å². The van der Waals surface area contributed by atoms with Gasteiger partial charge in [0.25, 0.3) is 5.56 Å². The smallest absolute Gasteiger partial charge is 0.338 e. The van der Waals surface area contributed by atoms with E-state index in [1.165, 1.54) is 23.0 Å². The van der Waals surface area contributed by atoms with Gasteiger partial charge in [0, 0.05) is 5.56 Å². The van der Waals surface area contributed by atoms with E-state index >= 15 is 0 Å². The first-order valence-corrected chi connectivity index (χ1v) is 16.4. The summed E-state index contributed by atoms with van der Waals surface area (Å²) in [6.45, 7) is 7.65. The van der Waals surface area contributed by atoms with E-state index in [1.54, 1.807) is 50.3 Å². The van der Waals surface area contributed by atoms with Gasteiger partial charge in [-0.1, -0.05) is 70.4 Å². The predicted octanol–water partition coefficient (Wildman–Crippen LogP) is 7.13. The molecule has 1 aliphatic heterocycles. The predicted molar refractivity (Wildman–Crippen MR) is 181 cm³/mol. The molecule has 0 spiro atoms.